The van der Waals surface area contributed by atoms with Crippen molar-refractivity contribution in [1.29, 1.82) is 0 Å². The highest BCUT2D eigenvalue weighted by molar-refractivity contribution is 7.71. The summed E-state index contributed by atoms with van der Waals surface area (Å²) < 4.78 is 13.9. The van der Waals surface area contributed by atoms with Crippen LogP contribution in [0.5, 0.6) is 0 Å². The molecule has 0 saturated carbocycles. The highest BCUT2D eigenvalue weighted by atomic mass is 32.1. The zero-order valence-corrected chi connectivity index (χ0v) is 8.14. The highest BCUT2D eigenvalue weighted by Gasteiger charge is 2.03. The zero-order valence-electron chi connectivity index (χ0n) is 7.33. The quantitative estimate of drug-likeness (QED) is 0.704. The molecular formula is C11H8FNS. The minimum Gasteiger partial charge on any atom is -0.350 e. The highest BCUT2D eigenvalue weighted by Crippen LogP contribution is 2.21. The molecule has 0 unspecified atom stereocenters. The summed E-state index contributed by atoms with van der Waals surface area (Å²) in [5.41, 5.74) is 1.37. The summed E-state index contributed by atoms with van der Waals surface area (Å²) in [7, 11) is 0. The molecule has 2 aromatic rings. The van der Waals surface area contributed by atoms with Crippen LogP contribution in [0.4, 0.5) is 4.39 Å². The molecule has 1 N–H and O–H groups in total. The number of pyridine rings is 1. The van der Waals surface area contributed by atoms with Crippen LogP contribution < -0.4 is 0 Å². The summed E-state index contributed by atoms with van der Waals surface area (Å²) in [6, 6.07) is 11.0. The predicted molar refractivity (Wildman–Crippen MR) is 57.0 cm³/mol. The Labute approximate surface area is 86.2 Å². The summed E-state index contributed by atoms with van der Waals surface area (Å²) in [6.45, 7) is 0. The number of rotatable bonds is 1. The van der Waals surface area contributed by atoms with Crippen LogP contribution in [-0.2, 0) is 0 Å². The average molecular weight is 205 g/mol. The minimum absolute atomic E-state index is 0.287. The van der Waals surface area contributed by atoms with Crippen molar-refractivity contribution in [3.8, 4) is 11.1 Å². The van der Waals surface area contributed by atoms with E-state index in [-0.39, 0.29) is 5.82 Å². The lowest BCUT2D eigenvalue weighted by Gasteiger charge is -2.01. The summed E-state index contributed by atoms with van der Waals surface area (Å²) in [5, 5.41) is 0. The van der Waals surface area contributed by atoms with Crippen molar-refractivity contribution in [2.24, 2.45) is 0 Å². The fourth-order valence-electron chi connectivity index (χ4n) is 1.29. The Morgan fingerprint density at radius 1 is 1.14 bits per heavy atom. The van der Waals surface area contributed by atoms with Gasteiger partial charge in [0.1, 0.15) is 10.5 Å². The van der Waals surface area contributed by atoms with Gasteiger partial charge in [-0.1, -0.05) is 42.5 Å². The monoisotopic (exact) mass is 205 g/mol. The van der Waals surface area contributed by atoms with Crippen molar-refractivity contribution in [2.45, 2.75) is 0 Å². The van der Waals surface area contributed by atoms with Crippen LogP contribution in [0.1, 0.15) is 0 Å². The second-order valence-electron chi connectivity index (χ2n) is 2.92. The second-order valence-corrected chi connectivity index (χ2v) is 3.36. The Morgan fingerprint density at radius 2 is 1.86 bits per heavy atom. The van der Waals surface area contributed by atoms with Gasteiger partial charge in [-0.3, -0.25) is 0 Å². The van der Waals surface area contributed by atoms with Gasteiger partial charge in [0.2, 0.25) is 0 Å². The van der Waals surface area contributed by atoms with Gasteiger partial charge in [0.15, 0.2) is 0 Å². The average Bonchev–Trinajstić information content (AvgIpc) is 2.23. The Kier molecular flexibility index (Phi) is 2.41. The van der Waals surface area contributed by atoms with Gasteiger partial charge in [-0.15, -0.1) is 0 Å². The fourth-order valence-corrected chi connectivity index (χ4v) is 1.47. The summed E-state index contributed by atoms with van der Waals surface area (Å²) in [4.78, 5) is 2.65. The molecule has 0 aliphatic carbocycles. The minimum atomic E-state index is -0.287. The van der Waals surface area contributed by atoms with Crippen LogP contribution in [0.2, 0.25) is 0 Å². The third kappa shape index (κ3) is 1.72. The predicted octanol–water partition coefficient (Wildman–Crippen LogP) is 3.55. The van der Waals surface area contributed by atoms with Gasteiger partial charge in [0.25, 0.3) is 0 Å². The molecule has 3 heteroatoms. The number of aromatic amines is 1. The lowest BCUT2D eigenvalue weighted by Crippen LogP contribution is -1.86. The molecule has 0 spiro atoms. The topological polar surface area (TPSA) is 15.8 Å². The maximum Gasteiger partial charge on any atom is 0.147 e. The first-order chi connectivity index (χ1) is 6.77. The molecule has 70 valence electrons. The van der Waals surface area contributed by atoms with Crippen LogP contribution in [0.15, 0.2) is 42.6 Å². The molecule has 14 heavy (non-hydrogen) atoms. The largest absolute Gasteiger partial charge is 0.350 e. The van der Waals surface area contributed by atoms with Crippen LogP contribution in [0, 0.1) is 10.5 Å². The van der Waals surface area contributed by atoms with E-state index in [0.717, 1.165) is 5.56 Å². The van der Waals surface area contributed by atoms with Gasteiger partial charge < -0.3 is 4.98 Å². The van der Waals surface area contributed by atoms with E-state index in [9.17, 15) is 4.39 Å². The van der Waals surface area contributed by atoms with Gasteiger partial charge in [-0.05, 0) is 11.6 Å². The first-order valence-electron chi connectivity index (χ1n) is 4.21. The molecule has 1 aromatic heterocycles. The third-order valence-corrected chi connectivity index (χ3v) is 2.19. The number of hydrogen-bond acceptors (Lipinski definition) is 1. The zero-order chi connectivity index (χ0) is 9.97. The number of aromatic nitrogens is 1. The van der Waals surface area contributed by atoms with Crippen molar-refractivity contribution in [2.75, 3.05) is 0 Å². The van der Waals surface area contributed by atoms with E-state index in [1.54, 1.807) is 6.07 Å². The summed E-state index contributed by atoms with van der Waals surface area (Å²) >= 11 is 4.94. The van der Waals surface area contributed by atoms with Crippen molar-refractivity contribution in [1.82, 2.24) is 4.98 Å². The van der Waals surface area contributed by atoms with Crippen molar-refractivity contribution < 1.29 is 4.39 Å². The normalized spacial score (nSPS) is 10.1. The molecule has 0 radical (unpaired) electrons. The molecule has 1 aromatic carbocycles. The van der Waals surface area contributed by atoms with E-state index < -0.39 is 0 Å². The summed E-state index contributed by atoms with van der Waals surface area (Å²) in [5.74, 6) is -0.287. The maximum atomic E-state index is 13.4. The summed E-state index contributed by atoms with van der Waals surface area (Å²) in [6.07, 6.45) is 1.28. The van der Waals surface area contributed by atoms with Gasteiger partial charge >= 0.3 is 0 Å². The van der Waals surface area contributed by atoms with E-state index in [4.69, 9.17) is 12.2 Å². The number of benzene rings is 1. The first-order valence-corrected chi connectivity index (χ1v) is 4.62. The molecule has 0 saturated heterocycles. The van der Waals surface area contributed by atoms with E-state index in [1.165, 1.54) is 6.20 Å². The smallest absolute Gasteiger partial charge is 0.147 e. The van der Waals surface area contributed by atoms with Crippen LogP contribution >= 0.6 is 12.2 Å². The van der Waals surface area contributed by atoms with Crippen LogP contribution in [0.3, 0.4) is 0 Å². The van der Waals surface area contributed by atoms with Crippen LogP contribution in [-0.4, -0.2) is 4.98 Å². The molecule has 0 amide bonds. The molecule has 2 rings (SSSR count). The van der Waals surface area contributed by atoms with Crippen molar-refractivity contribution >= 4 is 12.2 Å². The molecule has 1 heterocycles. The lowest BCUT2D eigenvalue weighted by atomic mass is 10.1. The van der Waals surface area contributed by atoms with Crippen LogP contribution in [0.25, 0.3) is 11.1 Å². The SMILES string of the molecule is Fc1c[nH]c(=S)cc1-c1ccccc1. The molecule has 0 fully saturated rings. The van der Waals surface area contributed by atoms with E-state index in [0.29, 0.717) is 10.2 Å². The number of H-pyrrole nitrogens is 1. The first kappa shape index (κ1) is 9.09. The Morgan fingerprint density at radius 3 is 2.57 bits per heavy atom. The Bertz CT molecular complexity index is 490. The standard InChI is InChI=1S/C11H8FNS/c12-10-7-13-11(14)6-9(10)8-4-2-1-3-5-8/h1-7H,(H,13,14). The molecule has 0 atom stereocenters. The Balaban J connectivity index is 2.62. The maximum absolute atomic E-state index is 13.4. The fraction of sp³-hybridized carbons (Fsp3) is 0. The molecule has 0 aliphatic rings. The lowest BCUT2D eigenvalue weighted by molar-refractivity contribution is 0.624. The molecular weight excluding hydrogens is 197 g/mol. The van der Waals surface area contributed by atoms with Gasteiger partial charge in [-0.2, -0.15) is 0 Å². The second kappa shape index (κ2) is 3.72. The third-order valence-electron chi connectivity index (χ3n) is 1.96. The van der Waals surface area contributed by atoms with E-state index in [1.807, 2.05) is 30.3 Å². The Hall–Kier alpha value is -1.48. The van der Waals surface area contributed by atoms with Gasteiger partial charge in [0, 0.05) is 11.8 Å². The van der Waals surface area contributed by atoms with Gasteiger partial charge in [0.05, 0.1) is 0 Å². The van der Waals surface area contributed by atoms with E-state index in [2.05, 4.69) is 4.98 Å². The molecule has 1 nitrogen and oxygen atoms in total. The number of halogens is 1. The number of hydrogen-bond donors (Lipinski definition) is 1. The van der Waals surface area contributed by atoms with E-state index >= 15 is 0 Å². The molecule has 0 bridgehead atoms. The van der Waals surface area contributed by atoms with Crippen molar-refractivity contribution in [3.05, 3.63) is 53.1 Å². The van der Waals surface area contributed by atoms with Gasteiger partial charge in [-0.25, -0.2) is 4.39 Å². The van der Waals surface area contributed by atoms with Crippen molar-refractivity contribution in [3.63, 3.8) is 0 Å². The number of nitrogens with one attached hydrogen (secondary N) is 1. The molecule has 0 aliphatic heterocycles.